The van der Waals surface area contributed by atoms with Gasteiger partial charge in [-0.05, 0) is 56.1 Å². The van der Waals surface area contributed by atoms with Crippen molar-refractivity contribution < 1.29 is 12.8 Å². The normalized spacial score (nSPS) is 13.3. The van der Waals surface area contributed by atoms with Crippen molar-refractivity contribution in [3.05, 3.63) is 64.4 Å². The van der Waals surface area contributed by atoms with Gasteiger partial charge in [-0.1, -0.05) is 28.1 Å². The molecule has 1 atom stereocenters. The maximum Gasteiger partial charge on any atom is 0.240 e. The molecule has 4 nitrogen and oxygen atoms in total. The van der Waals surface area contributed by atoms with E-state index in [1.165, 1.54) is 24.3 Å². The van der Waals surface area contributed by atoms with Crippen molar-refractivity contribution in [1.29, 1.82) is 0 Å². The third-order valence-electron chi connectivity index (χ3n) is 3.47. The van der Waals surface area contributed by atoms with E-state index in [9.17, 15) is 12.8 Å². The van der Waals surface area contributed by atoms with E-state index in [-0.39, 0.29) is 23.3 Å². The summed E-state index contributed by atoms with van der Waals surface area (Å²) in [4.78, 5) is 2.09. The number of sulfonamides is 1. The maximum absolute atomic E-state index is 13.1. The van der Waals surface area contributed by atoms with Gasteiger partial charge in [0.25, 0.3) is 0 Å². The first-order valence-corrected chi connectivity index (χ1v) is 9.24. The van der Waals surface area contributed by atoms with Crippen LogP contribution in [0.15, 0.2) is 57.9 Å². The van der Waals surface area contributed by atoms with E-state index in [0.717, 1.165) is 10.0 Å². The van der Waals surface area contributed by atoms with Crippen LogP contribution in [0.3, 0.4) is 0 Å². The molecule has 0 bridgehead atoms. The minimum atomic E-state index is -3.59. The molecule has 0 aliphatic rings. The molecule has 0 aliphatic heterocycles. The Morgan fingerprint density at radius 3 is 2.17 bits per heavy atom. The molecule has 0 saturated heterocycles. The number of hydrogen-bond donors (Lipinski definition) is 1. The van der Waals surface area contributed by atoms with Gasteiger partial charge in [0.05, 0.1) is 4.90 Å². The summed E-state index contributed by atoms with van der Waals surface area (Å²) in [7, 11) is 0.105. The Morgan fingerprint density at radius 1 is 1.09 bits per heavy atom. The summed E-state index contributed by atoms with van der Waals surface area (Å²) in [6, 6.07) is 12.3. The highest BCUT2D eigenvalue weighted by molar-refractivity contribution is 9.10. The molecule has 0 saturated carbocycles. The van der Waals surface area contributed by atoms with Crippen molar-refractivity contribution >= 4 is 26.0 Å². The minimum absolute atomic E-state index is 0.191. The van der Waals surface area contributed by atoms with Crippen molar-refractivity contribution in [2.45, 2.75) is 10.9 Å². The lowest BCUT2D eigenvalue weighted by Crippen LogP contribution is -2.34. The largest absolute Gasteiger partial charge is 0.301 e. The Labute approximate surface area is 144 Å². The summed E-state index contributed by atoms with van der Waals surface area (Å²) in [5.41, 5.74) is 0.843. The molecule has 0 amide bonds. The number of rotatable bonds is 6. The van der Waals surface area contributed by atoms with Crippen LogP contribution < -0.4 is 4.72 Å². The summed E-state index contributed by atoms with van der Waals surface area (Å²) in [5.74, 6) is -0.318. The van der Waals surface area contributed by atoms with Crippen LogP contribution in [0.1, 0.15) is 11.6 Å². The van der Waals surface area contributed by atoms with Crippen LogP contribution in [-0.4, -0.2) is 34.0 Å². The second kappa shape index (κ2) is 7.53. The molecular weight excluding hydrogens is 383 g/mol. The van der Waals surface area contributed by atoms with Crippen molar-refractivity contribution in [2.24, 2.45) is 0 Å². The molecule has 2 aromatic rings. The quantitative estimate of drug-likeness (QED) is 0.809. The topological polar surface area (TPSA) is 49.4 Å². The van der Waals surface area contributed by atoms with E-state index < -0.39 is 10.0 Å². The van der Waals surface area contributed by atoms with Crippen LogP contribution in [0.25, 0.3) is 0 Å². The van der Waals surface area contributed by atoms with E-state index >= 15 is 0 Å². The van der Waals surface area contributed by atoms with E-state index in [0.29, 0.717) is 0 Å². The van der Waals surface area contributed by atoms with Crippen molar-refractivity contribution in [3.8, 4) is 0 Å². The fraction of sp³-hybridized carbons (Fsp3) is 0.250. The molecule has 0 aromatic heterocycles. The molecule has 2 aromatic carbocycles. The summed E-state index contributed by atoms with van der Waals surface area (Å²) >= 11 is 3.28. The van der Waals surface area contributed by atoms with E-state index in [1.807, 2.05) is 19.0 Å². The second-order valence-electron chi connectivity index (χ2n) is 5.34. The molecule has 7 heteroatoms. The van der Waals surface area contributed by atoms with Gasteiger partial charge in [-0.3, -0.25) is 0 Å². The molecule has 0 radical (unpaired) electrons. The van der Waals surface area contributed by atoms with Crippen LogP contribution in [0.2, 0.25) is 0 Å². The van der Waals surface area contributed by atoms with Crippen molar-refractivity contribution in [3.63, 3.8) is 0 Å². The average Bonchev–Trinajstić information content (AvgIpc) is 2.49. The van der Waals surface area contributed by atoms with Gasteiger partial charge in [0.15, 0.2) is 0 Å². The predicted molar refractivity (Wildman–Crippen MR) is 92.2 cm³/mol. The maximum atomic E-state index is 13.1. The average molecular weight is 401 g/mol. The first-order chi connectivity index (χ1) is 10.8. The molecule has 0 aliphatic carbocycles. The number of hydrogen-bond acceptors (Lipinski definition) is 3. The van der Waals surface area contributed by atoms with Crippen molar-refractivity contribution in [2.75, 3.05) is 20.6 Å². The Hall–Kier alpha value is -1.28. The van der Waals surface area contributed by atoms with Crippen LogP contribution in [0.4, 0.5) is 4.39 Å². The van der Waals surface area contributed by atoms with Gasteiger partial charge in [0, 0.05) is 17.1 Å². The Bertz CT molecular complexity index is 747. The Kier molecular flexibility index (Phi) is 5.91. The fourth-order valence-electron chi connectivity index (χ4n) is 2.17. The Balaban J connectivity index is 2.15. The van der Waals surface area contributed by atoms with Gasteiger partial charge in [-0.25, -0.2) is 17.5 Å². The second-order valence-corrected chi connectivity index (χ2v) is 8.02. The third-order valence-corrected chi connectivity index (χ3v) is 5.44. The lowest BCUT2D eigenvalue weighted by molar-refractivity contribution is 0.299. The smallest absolute Gasteiger partial charge is 0.240 e. The highest BCUT2D eigenvalue weighted by Gasteiger charge is 2.19. The van der Waals surface area contributed by atoms with Crippen LogP contribution in [0, 0.1) is 5.82 Å². The summed E-state index contributed by atoms with van der Waals surface area (Å²) in [5, 5.41) is 0. The summed E-state index contributed by atoms with van der Waals surface area (Å²) in [6.45, 7) is 0.191. The zero-order valence-electron chi connectivity index (χ0n) is 12.8. The third kappa shape index (κ3) is 4.84. The van der Waals surface area contributed by atoms with Gasteiger partial charge in [-0.2, -0.15) is 0 Å². The summed E-state index contributed by atoms with van der Waals surface area (Å²) < 4.78 is 41.2. The van der Waals surface area contributed by atoms with E-state index in [4.69, 9.17) is 0 Å². The minimum Gasteiger partial charge on any atom is -0.301 e. The van der Waals surface area contributed by atoms with Gasteiger partial charge in [0.2, 0.25) is 10.0 Å². The number of likely N-dealkylation sites (N-methyl/N-ethyl adjacent to an activating group) is 1. The molecule has 0 spiro atoms. The first kappa shape index (κ1) is 18.1. The lowest BCUT2D eigenvalue weighted by Gasteiger charge is -2.25. The predicted octanol–water partition coefficient (Wildman–Crippen LogP) is 3.17. The molecule has 0 unspecified atom stereocenters. The number of halogens is 2. The zero-order valence-corrected chi connectivity index (χ0v) is 15.2. The number of nitrogens with one attached hydrogen (secondary N) is 1. The number of nitrogens with zero attached hydrogens (tertiary/aromatic N) is 1. The van der Waals surface area contributed by atoms with E-state index in [2.05, 4.69) is 20.7 Å². The SMILES string of the molecule is CN(C)[C@H](CNS(=O)(=O)c1ccc(Br)cc1)c1ccc(F)cc1. The molecule has 1 N–H and O–H groups in total. The highest BCUT2D eigenvalue weighted by Crippen LogP contribution is 2.19. The zero-order chi connectivity index (χ0) is 17.0. The molecule has 23 heavy (non-hydrogen) atoms. The van der Waals surface area contributed by atoms with Crippen LogP contribution >= 0.6 is 15.9 Å². The molecule has 0 fully saturated rings. The van der Waals surface area contributed by atoms with Gasteiger partial charge < -0.3 is 4.90 Å². The van der Waals surface area contributed by atoms with Crippen LogP contribution in [-0.2, 0) is 10.0 Å². The van der Waals surface area contributed by atoms with E-state index in [1.54, 1.807) is 24.3 Å². The first-order valence-electron chi connectivity index (χ1n) is 6.97. The van der Waals surface area contributed by atoms with Crippen molar-refractivity contribution in [1.82, 2.24) is 9.62 Å². The number of benzene rings is 2. The van der Waals surface area contributed by atoms with Gasteiger partial charge in [-0.15, -0.1) is 0 Å². The molecular formula is C16H18BrFN2O2S. The van der Waals surface area contributed by atoms with Gasteiger partial charge in [0.1, 0.15) is 5.82 Å². The molecule has 124 valence electrons. The summed E-state index contributed by atoms with van der Waals surface area (Å²) in [6.07, 6.45) is 0. The fourth-order valence-corrected chi connectivity index (χ4v) is 3.47. The molecule has 2 rings (SSSR count). The lowest BCUT2D eigenvalue weighted by atomic mass is 10.1. The molecule has 0 heterocycles. The monoisotopic (exact) mass is 400 g/mol. The highest BCUT2D eigenvalue weighted by atomic mass is 79.9. The Morgan fingerprint density at radius 2 is 1.65 bits per heavy atom. The standard InChI is InChI=1S/C16H18BrFN2O2S/c1-20(2)16(12-3-7-14(18)8-4-12)11-19-23(21,22)15-9-5-13(17)6-10-15/h3-10,16,19H,11H2,1-2H3/t16-/m1/s1. The van der Waals surface area contributed by atoms with Gasteiger partial charge >= 0.3 is 0 Å². The van der Waals surface area contributed by atoms with Crippen LogP contribution in [0.5, 0.6) is 0 Å².